The number of carbonyl (C=O) groups is 2. The number of likely N-dealkylation sites (tertiary alicyclic amines) is 3. The standard InChI is InChI=1S/C19H34N4O4/c1-6-23(19(25)17-8-15(27-5)12-21(17)3)13-9-22(10-13)18(24)16-7-14(26-4)11-20(16)2/h13-17H,6-12H2,1-5H3/t14-,15-,16-,17-/m0/s1. The summed E-state index contributed by atoms with van der Waals surface area (Å²) in [6.07, 6.45) is 1.73. The van der Waals surface area contributed by atoms with Crippen LogP contribution in [0.2, 0.25) is 0 Å². The van der Waals surface area contributed by atoms with Crippen LogP contribution in [-0.2, 0) is 19.1 Å². The second-order valence-corrected chi connectivity index (χ2v) is 8.12. The highest BCUT2D eigenvalue weighted by Gasteiger charge is 2.45. The Morgan fingerprint density at radius 2 is 1.44 bits per heavy atom. The minimum Gasteiger partial charge on any atom is -0.380 e. The molecule has 0 aromatic rings. The Morgan fingerprint density at radius 1 is 0.926 bits per heavy atom. The van der Waals surface area contributed by atoms with Crippen LogP contribution in [0, 0.1) is 0 Å². The highest BCUT2D eigenvalue weighted by molar-refractivity contribution is 5.85. The zero-order chi connectivity index (χ0) is 19.7. The number of nitrogens with zero attached hydrogens (tertiary/aromatic N) is 4. The lowest BCUT2D eigenvalue weighted by atomic mass is 10.0. The Kier molecular flexibility index (Phi) is 6.40. The van der Waals surface area contributed by atoms with Crippen LogP contribution in [0.5, 0.6) is 0 Å². The van der Waals surface area contributed by atoms with Crippen molar-refractivity contribution in [3.05, 3.63) is 0 Å². The van der Waals surface area contributed by atoms with E-state index in [-0.39, 0.29) is 42.1 Å². The third-order valence-corrected chi connectivity index (χ3v) is 6.49. The van der Waals surface area contributed by atoms with Crippen molar-refractivity contribution in [3.8, 4) is 0 Å². The van der Waals surface area contributed by atoms with Crippen molar-refractivity contribution >= 4 is 11.8 Å². The third kappa shape index (κ3) is 3.99. The molecule has 3 rings (SSSR count). The van der Waals surface area contributed by atoms with Crippen LogP contribution in [-0.4, -0.2) is 123 Å². The summed E-state index contributed by atoms with van der Waals surface area (Å²) in [6, 6.07) is -0.112. The van der Waals surface area contributed by atoms with Crippen LogP contribution in [0.25, 0.3) is 0 Å². The second-order valence-electron chi connectivity index (χ2n) is 8.12. The number of carbonyl (C=O) groups excluding carboxylic acids is 2. The molecule has 0 radical (unpaired) electrons. The van der Waals surface area contributed by atoms with E-state index in [0.717, 1.165) is 25.9 Å². The van der Waals surface area contributed by atoms with E-state index in [0.29, 0.717) is 19.6 Å². The molecule has 0 aliphatic carbocycles. The summed E-state index contributed by atoms with van der Waals surface area (Å²) in [5, 5.41) is 0. The number of amides is 2. The number of hydrogen-bond donors (Lipinski definition) is 0. The molecule has 3 aliphatic rings. The smallest absolute Gasteiger partial charge is 0.240 e. The van der Waals surface area contributed by atoms with E-state index < -0.39 is 0 Å². The van der Waals surface area contributed by atoms with E-state index in [2.05, 4.69) is 9.80 Å². The van der Waals surface area contributed by atoms with Gasteiger partial charge in [-0.25, -0.2) is 0 Å². The predicted octanol–water partition coefficient (Wildman–Crippen LogP) is -0.516. The van der Waals surface area contributed by atoms with Gasteiger partial charge in [-0.1, -0.05) is 0 Å². The maximum absolute atomic E-state index is 13.0. The molecule has 0 bridgehead atoms. The van der Waals surface area contributed by atoms with Crippen LogP contribution in [0.3, 0.4) is 0 Å². The molecular weight excluding hydrogens is 348 g/mol. The van der Waals surface area contributed by atoms with Gasteiger partial charge in [0.2, 0.25) is 11.8 Å². The molecule has 8 heteroatoms. The Bertz CT molecular complexity index is 554. The lowest BCUT2D eigenvalue weighted by molar-refractivity contribution is -0.151. The van der Waals surface area contributed by atoms with Crippen molar-refractivity contribution in [1.29, 1.82) is 0 Å². The lowest BCUT2D eigenvalue weighted by Crippen LogP contribution is -2.65. The van der Waals surface area contributed by atoms with E-state index >= 15 is 0 Å². The molecule has 0 aromatic heterocycles. The van der Waals surface area contributed by atoms with E-state index in [9.17, 15) is 9.59 Å². The summed E-state index contributed by atoms with van der Waals surface area (Å²) in [5.41, 5.74) is 0. The van der Waals surface area contributed by atoms with Gasteiger partial charge in [0.15, 0.2) is 0 Å². The van der Waals surface area contributed by atoms with E-state index in [1.54, 1.807) is 14.2 Å². The van der Waals surface area contributed by atoms with Gasteiger partial charge in [-0.05, 0) is 33.9 Å². The summed E-state index contributed by atoms with van der Waals surface area (Å²) in [4.78, 5) is 33.9. The topological polar surface area (TPSA) is 65.6 Å². The maximum atomic E-state index is 13.0. The Hall–Kier alpha value is -1.22. The van der Waals surface area contributed by atoms with E-state index in [4.69, 9.17) is 9.47 Å². The molecule has 8 nitrogen and oxygen atoms in total. The molecule has 27 heavy (non-hydrogen) atoms. The summed E-state index contributed by atoms with van der Waals surface area (Å²) < 4.78 is 10.8. The number of ether oxygens (including phenoxy) is 2. The molecule has 3 aliphatic heterocycles. The summed E-state index contributed by atoms with van der Waals surface area (Å²) >= 11 is 0. The van der Waals surface area contributed by atoms with Crippen molar-refractivity contribution in [3.63, 3.8) is 0 Å². The highest BCUT2D eigenvalue weighted by atomic mass is 16.5. The SMILES string of the molecule is CCN(C(=O)[C@@H]1C[C@H](OC)CN1C)C1CN(C(=O)[C@@H]2C[C@H](OC)CN2C)C1. The number of rotatable bonds is 6. The molecule has 3 fully saturated rings. The van der Waals surface area contributed by atoms with Gasteiger partial charge < -0.3 is 19.3 Å². The minimum absolute atomic E-state index is 0.106. The molecule has 0 spiro atoms. The van der Waals surface area contributed by atoms with Crippen molar-refractivity contribution in [2.45, 2.75) is 50.1 Å². The highest BCUT2D eigenvalue weighted by Crippen LogP contribution is 2.26. The molecule has 0 N–H and O–H groups in total. The predicted molar refractivity (Wildman–Crippen MR) is 101 cm³/mol. The number of hydrogen-bond acceptors (Lipinski definition) is 6. The monoisotopic (exact) mass is 382 g/mol. The maximum Gasteiger partial charge on any atom is 0.240 e. The molecular formula is C19H34N4O4. The van der Waals surface area contributed by atoms with Gasteiger partial charge in [0.05, 0.1) is 30.3 Å². The first-order valence-corrected chi connectivity index (χ1v) is 9.94. The van der Waals surface area contributed by atoms with Crippen LogP contribution < -0.4 is 0 Å². The van der Waals surface area contributed by atoms with Crippen molar-refractivity contribution in [1.82, 2.24) is 19.6 Å². The average molecular weight is 383 g/mol. The summed E-state index contributed by atoms with van der Waals surface area (Å²) in [6.45, 7) is 5.52. The number of methoxy groups -OCH3 is 2. The van der Waals surface area contributed by atoms with Crippen molar-refractivity contribution in [2.75, 3.05) is 61.0 Å². The average Bonchev–Trinajstić information content (AvgIpc) is 3.18. The molecule has 3 heterocycles. The van der Waals surface area contributed by atoms with Gasteiger partial charge in [0.1, 0.15) is 0 Å². The molecule has 0 aromatic carbocycles. The van der Waals surface area contributed by atoms with Gasteiger partial charge in [0, 0.05) is 46.9 Å². The first-order chi connectivity index (χ1) is 12.9. The van der Waals surface area contributed by atoms with Crippen LogP contribution in [0.1, 0.15) is 19.8 Å². The van der Waals surface area contributed by atoms with Crippen molar-refractivity contribution < 1.29 is 19.1 Å². The lowest BCUT2D eigenvalue weighted by Gasteiger charge is -2.47. The largest absolute Gasteiger partial charge is 0.380 e. The Balaban J connectivity index is 1.54. The Labute approximate surface area is 162 Å². The molecule has 3 saturated heterocycles. The Morgan fingerprint density at radius 3 is 1.93 bits per heavy atom. The van der Waals surface area contributed by atoms with Crippen LogP contribution in [0.15, 0.2) is 0 Å². The van der Waals surface area contributed by atoms with Gasteiger partial charge in [-0.2, -0.15) is 0 Å². The normalized spacial score (nSPS) is 32.7. The zero-order valence-electron chi connectivity index (χ0n) is 17.3. The fourth-order valence-corrected chi connectivity index (χ4v) is 4.65. The first-order valence-electron chi connectivity index (χ1n) is 9.94. The quantitative estimate of drug-likeness (QED) is 0.616. The molecule has 0 unspecified atom stereocenters. The van der Waals surface area contributed by atoms with Gasteiger partial charge >= 0.3 is 0 Å². The summed E-state index contributed by atoms with van der Waals surface area (Å²) in [5.74, 6) is 0.323. The summed E-state index contributed by atoms with van der Waals surface area (Å²) in [7, 11) is 7.35. The first kappa shape index (κ1) is 20.5. The molecule has 2 amide bonds. The van der Waals surface area contributed by atoms with Crippen LogP contribution >= 0.6 is 0 Å². The minimum atomic E-state index is -0.122. The molecule has 154 valence electrons. The number of likely N-dealkylation sites (N-methyl/N-ethyl adjacent to an activating group) is 3. The fraction of sp³-hybridized carbons (Fsp3) is 0.895. The van der Waals surface area contributed by atoms with E-state index in [1.807, 2.05) is 30.8 Å². The molecule has 0 saturated carbocycles. The zero-order valence-corrected chi connectivity index (χ0v) is 17.3. The van der Waals surface area contributed by atoms with Crippen molar-refractivity contribution in [2.24, 2.45) is 0 Å². The van der Waals surface area contributed by atoms with Gasteiger partial charge in [-0.15, -0.1) is 0 Å². The van der Waals surface area contributed by atoms with Crippen LogP contribution in [0.4, 0.5) is 0 Å². The van der Waals surface area contributed by atoms with Gasteiger partial charge in [0.25, 0.3) is 0 Å². The fourth-order valence-electron chi connectivity index (χ4n) is 4.65. The molecule has 4 atom stereocenters. The van der Waals surface area contributed by atoms with E-state index in [1.165, 1.54) is 0 Å². The van der Waals surface area contributed by atoms with Gasteiger partial charge in [-0.3, -0.25) is 19.4 Å². The second kappa shape index (κ2) is 8.43. The third-order valence-electron chi connectivity index (χ3n) is 6.49.